The third-order valence-electron chi connectivity index (χ3n) is 2.69. The molecule has 0 fully saturated rings. The molecule has 1 aromatic carbocycles. The number of imidazole rings is 1. The van der Waals surface area contributed by atoms with Crippen LogP contribution < -0.4 is 4.57 Å². The van der Waals surface area contributed by atoms with Gasteiger partial charge in [0.2, 0.25) is 6.33 Å². The zero-order chi connectivity index (χ0) is 13.8. The van der Waals surface area contributed by atoms with Crippen molar-refractivity contribution in [1.82, 2.24) is 4.57 Å². The molecule has 0 amide bonds. The van der Waals surface area contributed by atoms with Gasteiger partial charge in [0, 0.05) is 0 Å². The molecule has 2 aromatic rings. The van der Waals surface area contributed by atoms with Gasteiger partial charge < -0.3 is 4.74 Å². The third-order valence-corrected chi connectivity index (χ3v) is 2.69. The van der Waals surface area contributed by atoms with Crippen LogP contribution in [0.2, 0.25) is 0 Å². The normalized spacial score (nSPS) is 10.7. The summed E-state index contributed by atoms with van der Waals surface area (Å²) in [6.45, 7) is 4.44. The second-order valence-electron chi connectivity index (χ2n) is 4.91. The van der Waals surface area contributed by atoms with E-state index in [9.17, 15) is 4.79 Å². The highest BCUT2D eigenvalue weighted by Gasteiger charge is 2.10. The Hall–Kier alpha value is -2.10. The molecule has 2 rings (SSSR count). The van der Waals surface area contributed by atoms with Gasteiger partial charge in [-0.1, -0.05) is 12.1 Å². The molecular formula is C15H19N2O2+. The van der Waals surface area contributed by atoms with Gasteiger partial charge >= 0.3 is 5.97 Å². The van der Waals surface area contributed by atoms with Crippen LogP contribution >= 0.6 is 0 Å². The minimum absolute atomic E-state index is 0.0975. The van der Waals surface area contributed by atoms with Crippen molar-refractivity contribution in [3.63, 3.8) is 0 Å². The smallest absolute Gasteiger partial charge is 0.338 e. The van der Waals surface area contributed by atoms with E-state index < -0.39 is 0 Å². The minimum Gasteiger partial charge on any atom is -0.459 e. The number of esters is 1. The zero-order valence-electron chi connectivity index (χ0n) is 11.5. The van der Waals surface area contributed by atoms with Crippen molar-refractivity contribution in [2.75, 3.05) is 0 Å². The highest BCUT2D eigenvalue weighted by molar-refractivity contribution is 5.89. The van der Waals surface area contributed by atoms with Gasteiger partial charge in [0.15, 0.2) is 0 Å². The molecule has 0 unspecified atom stereocenters. The topological polar surface area (TPSA) is 35.1 Å². The Labute approximate surface area is 113 Å². The summed E-state index contributed by atoms with van der Waals surface area (Å²) in [4.78, 5) is 11.8. The first-order valence-electron chi connectivity index (χ1n) is 6.35. The number of hydrogen-bond donors (Lipinski definition) is 0. The van der Waals surface area contributed by atoms with Gasteiger partial charge in [0.25, 0.3) is 0 Å². The second-order valence-corrected chi connectivity index (χ2v) is 4.91. The molecule has 1 heterocycles. The van der Waals surface area contributed by atoms with E-state index in [2.05, 4.69) is 4.57 Å². The molecule has 0 bridgehead atoms. The number of aryl methyl sites for hydroxylation is 1. The van der Waals surface area contributed by atoms with Crippen LogP contribution in [0.25, 0.3) is 0 Å². The van der Waals surface area contributed by atoms with Crippen LogP contribution in [0.4, 0.5) is 0 Å². The van der Waals surface area contributed by atoms with Gasteiger partial charge in [0.1, 0.15) is 18.9 Å². The van der Waals surface area contributed by atoms with Crippen molar-refractivity contribution in [1.29, 1.82) is 0 Å². The lowest BCUT2D eigenvalue weighted by Gasteiger charge is -2.08. The molecule has 0 saturated heterocycles. The van der Waals surface area contributed by atoms with Crippen LogP contribution in [0.1, 0.15) is 29.8 Å². The fourth-order valence-electron chi connectivity index (χ4n) is 1.88. The van der Waals surface area contributed by atoms with E-state index in [1.807, 2.05) is 62.4 Å². The van der Waals surface area contributed by atoms with E-state index in [0.717, 1.165) is 12.1 Å². The number of rotatable bonds is 4. The molecule has 0 aliphatic heterocycles. The highest BCUT2D eigenvalue weighted by Crippen LogP contribution is 2.08. The Morgan fingerprint density at radius 3 is 2.84 bits per heavy atom. The van der Waals surface area contributed by atoms with Gasteiger partial charge in [-0.25, -0.2) is 13.9 Å². The summed E-state index contributed by atoms with van der Waals surface area (Å²) < 4.78 is 9.24. The average Bonchev–Trinajstić information content (AvgIpc) is 2.74. The summed E-state index contributed by atoms with van der Waals surface area (Å²) in [5.41, 5.74) is 1.68. The lowest BCUT2D eigenvalue weighted by molar-refractivity contribution is -0.687. The van der Waals surface area contributed by atoms with Gasteiger partial charge in [-0.05, 0) is 31.5 Å². The summed E-state index contributed by atoms with van der Waals surface area (Å²) in [5.74, 6) is -0.269. The van der Waals surface area contributed by atoms with Crippen LogP contribution in [0.5, 0.6) is 0 Å². The summed E-state index contributed by atoms with van der Waals surface area (Å²) in [5, 5.41) is 0. The van der Waals surface area contributed by atoms with Crippen molar-refractivity contribution in [2.45, 2.75) is 26.5 Å². The second kappa shape index (κ2) is 5.69. The number of benzene rings is 1. The van der Waals surface area contributed by atoms with Gasteiger partial charge in [0.05, 0.1) is 18.7 Å². The van der Waals surface area contributed by atoms with Crippen molar-refractivity contribution >= 4 is 5.97 Å². The van der Waals surface area contributed by atoms with E-state index in [4.69, 9.17) is 4.74 Å². The fourth-order valence-corrected chi connectivity index (χ4v) is 1.88. The third kappa shape index (κ3) is 3.68. The van der Waals surface area contributed by atoms with E-state index in [-0.39, 0.29) is 12.1 Å². The minimum atomic E-state index is -0.269. The molecule has 100 valence electrons. The molecular weight excluding hydrogens is 240 g/mol. The van der Waals surface area contributed by atoms with Gasteiger partial charge in [-0.2, -0.15) is 0 Å². The Kier molecular flexibility index (Phi) is 4.00. The average molecular weight is 259 g/mol. The Balaban J connectivity index is 2.13. The van der Waals surface area contributed by atoms with Crippen molar-refractivity contribution in [2.24, 2.45) is 7.05 Å². The maximum absolute atomic E-state index is 11.8. The Bertz CT molecular complexity index is 573. The monoisotopic (exact) mass is 259 g/mol. The predicted molar refractivity (Wildman–Crippen MR) is 71.7 cm³/mol. The summed E-state index contributed by atoms with van der Waals surface area (Å²) in [6, 6.07) is 7.55. The molecule has 0 atom stereocenters. The largest absolute Gasteiger partial charge is 0.459 e. The maximum atomic E-state index is 11.8. The van der Waals surface area contributed by atoms with Crippen LogP contribution in [-0.2, 0) is 18.3 Å². The van der Waals surface area contributed by atoms with Gasteiger partial charge in [-0.3, -0.25) is 0 Å². The SMILES string of the molecule is CC(C)OC(=O)c1cccc(C[n+]2ccn(C)c2)c1. The number of ether oxygens (including phenoxy) is 1. The van der Waals surface area contributed by atoms with E-state index in [1.165, 1.54) is 0 Å². The predicted octanol–water partition coefficient (Wildman–Crippen LogP) is 1.93. The van der Waals surface area contributed by atoms with Crippen molar-refractivity contribution in [3.05, 3.63) is 54.1 Å². The molecule has 0 aliphatic rings. The van der Waals surface area contributed by atoms with Crippen LogP contribution in [0.15, 0.2) is 43.0 Å². The molecule has 0 N–H and O–H groups in total. The number of carbonyl (C=O) groups is 1. The van der Waals surface area contributed by atoms with Crippen LogP contribution in [-0.4, -0.2) is 16.6 Å². The highest BCUT2D eigenvalue weighted by atomic mass is 16.5. The van der Waals surface area contributed by atoms with E-state index in [1.54, 1.807) is 6.07 Å². The first-order chi connectivity index (χ1) is 9.04. The number of hydrogen-bond acceptors (Lipinski definition) is 2. The number of aromatic nitrogens is 2. The van der Waals surface area contributed by atoms with Crippen molar-refractivity contribution < 1.29 is 14.1 Å². The molecule has 4 nitrogen and oxygen atoms in total. The maximum Gasteiger partial charge on any atom is 0.338 e. The lowest BCUT2D eigenvalue weighted by Crippen LogP contribution is -2.31. The lowest BCUT2D eigenvalue weighted by atomic mass is 10.1. The first-order valence-corrected chi connectivity index (χ1v) is 6.35. The molecule has 0 saturated carbocycles. The molecule has 1 aromatic heterocycles. The zero-order valence-corrected chi connectivity index (χ0v) is 11.5. The van der Waals surface area contributed by atoms with Gasteiger partial charge in [-0.15, -0.1) is 0 Å². The Morgan fingerprint density at radius 1 is 1.42 bits per heavy atom. The van der Waals surface area contributed by atoms with E-state index in [0.29, 0.717) is 5.56 Å². The molecule has 19 heavy (non-hydrogen) atoms. The van der Waals surface area contributed by atoms with Crippen molar-refractivity contribution in [3.8, 4) is 0 Å². The summed E-state index contributed by atoms with van der Waals surface area (Å²) >= 11 is 0. The Morgan fingerprint density at radius 2 is 2.21 bits per heavy atom. The summed E-state index contributed by atoms with van der Waals surface area (Å²) in [7, 11) is 1.98. The number of nitrogens with zero attached hydrogens (tertiary/aromatic N) is 2. The molecule has 4 heteroatoms. The first kappa shape index (κ1) is 13.3. The molecule has 0 radical (unpaired) electrons. The van der Waals surface area contributed by atoms with Crippen LogP contribution in [0, 0.1) is 0 Å². The summed E-state index contributed by atoms with van der Waals surface area (Å²) in [6.07, 6.45) is 5.88. The quantitative estimate of drug-likeness (QED) is 0.621. The number of carbonyl (C=O) groups excluding carboxylic acids is 1. The molecule has 0 aliphatic carbocycles. The standard InChI is InChI=1S/C15H19N2O2/c1-12(2)19-15(18)14-6-4-5-13(9-14)10-17-8-7-16(3)11-17/h4-9,11-12H,10H2,1-3H3/q+1. The fraction of sp³-hybridized carbons (Fsp3) is 0.333. The molecule has 0 spiro atoms. The van der Waals surface area contributed by atoms with Crippen LogP contribution in [0.3, 0.4) is 0 Å². The van der Waals surface area contributed by atoms with E-state index >= 15 is 0 Å².